The molecule has 2 aliphatic rings. The number of carbonyl (C=O) groups is 1. The Morgan fingerprint density at radius 1 is 1.24 bits per heavy atom. The van der Waals surface area contributed by atoms with Crippen LogP contribution in [0.1, 0.15) is 43.0 Å². The Balaban J connectivity index is 1.48. The van der Waals surface area contributed by atoms with Crippen molar-refractivity contribution in [1.29, 1.82) is 5.26 Å². The van der Waals surface area contributed by atoms with E-state index in [4.69, 9.17) is 9.15 Å². The number of rotatable bonds is 6. The molecule has 2 aromatic carbocycles. The van der Waals surface area contributed by atoms with Crippen molar-refractivity contribution >= 4 is 5.91 Å². The minimum atomic E-state index is -0.0529. The van der Waals surface area contributed by atoms with Gasteiger partial charge in [0.2, 0.25) is 17.7 Å². The van der Waals surface area contributed by atoms with Gasteiger partial charge in [0.15, 0.2) is 0 Å². The predicted molar refractivity (Wildman–Crippen MR) is 119 cm³/mol. The van der Waals surface area contributed by atoms with E-state index >= 15 is 0 Å². The van der Waals surface area contributed by atoms with E-state index in [2.05, 4.69) is 16.3 Å². The molecule has 3 aromatic rings. The van der Waals surface area contributed by atoms with E-state index in [1.165, 1.54) is 0 Å². The van der Waals surface area contributed by atoms with Gasteiger partial charge < -0.3 is 19.2 Å². The summed E-state index contributed by atoms with van der Waals surface area (Å²) in [5.74, 6) is 1.53. The van der Waals surface area contributed by atoms with E-state index in [0.29, 0.717) is 41.6 Å². The Labute approximate surface area is 191 Å². The molecule has 0 radical (unpaired) electrons. The molecule has 1 saturated heterocycles. The van der Waals surface area contributed by atoms with Crippen molar-refractivity contribution in [3.8, 4) is 34.7 Å². The molecule has 2 atom stereocenters. The number of aliphatic hydroxyl groups excluding tert-OH is 1. The summed E-state index contributed by atoms with van der Waals surface area (Å²) in [6, 6.07) is 13.3. The summed E-state index contributed by atoms with van der Waals surface area (Å²) in [6.45, 7) is 4.10. The number of benzene rings is 2. The van der Waals surface area contributed by atoms with Gasteiger partial charge in [-0.05, 0) is 61.6 Å². The maximum atomic E-state index is 12.4. The number of aromatic nitrogens is 2. The van der Waals surface area contributed by atoms with Gasteiger partial charge >= 0.3 is 0 Å². The van der Waals surface area contributed by atoms with Crippen molar-refractivity contribution in [3.05, 3.63) is 53.1 Å². The minimum absolute atomic E-state index is 0.0197. The number of ether oxygens (including phenoxy) is 1. The third kappa shape index (κ3) is 3.64. The lowest BCUT2D eigenvalue weighted by Gasteiger charge is -2.24. The third-order valence-electron chi connectivity index (χ3n) is 6.24. The monoisotopic (exact) mass is 444 g/mol. The highest BCUT2D eigenvalue weighted by Crippen LogP contribution is 2.49. The highest BCUT2D eigenvalue weighted by atomic mass is 16.5. The molecule has 33 heavy (non-hydrogen) atoms. The number of carbonyl (C=O) groups excluding carboxylic acids is 1. The normalized spacial score (nSPS) is 19.0. The average molecular weight is 444 g/mol. The lowest BCUT2D eigenvalue weighted by molar-refractivity contribution is -0.129. The number of aliphatic hydroxyl groups is 1. The number of likely N-dealkylation sites (tertiary alicyclic amines) is 1. The van der Waals surface area contributed by atoms with E-state index in [1.807, 2.05) is 32.0 Å². The molecular weight excluding hydrogens is 420 g/mol. The Bertz CT molecular complexity index is 1260. The quantitative estimate of drug-likeness (QED) is 0.619. The van der Waals surface area contributed by atoms with E-state index in [-0.39, 0.29) is 30.6 Å². The van der Waals surface area contributed by atoms with Crippen LogP contribution < -0.4 is 4.74 Å². The Kier molecular flexibility index (Phi) is 5.35. The average Bonchev–Trinajstić information content (AvgIpc) is 3.49. The summed E-state index contributed by atoms with van der Waals surface area (Å²) in [6.07, 6.45) is 1.19. The molecule has 5 rings (SSSR count). The predicted octanol–water partition coefficient (Wildman–Crippen LogP) is 3.50. The molecule has 1 N–H and O–H groups in total. The first kappa shape index (κ1) is 21.2. The number of β-amino-alcohol motifs (C(OH)–C–C–N with tert-alkyl or cyclic N) is 1. The molecule has 1 aliphatic heterocycles. The molecule has 0 spiro atoms. The van der Waals surface area contributed by atoms with Gasteiger partial charge in [-0.2, -0.15) is 5.26 Å². The summed E-state index contributed by atoms with van der Waals surface area (Å²) in [5, 5.41) is 27.4. The van der Waals surface area contributed by atoms with Crippen LogP contribution in [0.5, 0.6) is 5.75 Å². The molecule has 0 saturated carbocycles. The number of fused-ring (bicyclic) bond motifs is 3. The maximum Gasteiger partial charge on any atom is 0.248 e. The summed E-state index contributed by atoms with van der Waals surface area (Å²) in [7, 11) is 0. The SMILES string of the molecule is CC(C)Oc1ccc(-c2nnc(-c3cccc4c3C[C@H]3CC(=O)N(CCO)[C@@H]43)o2)cc1C#N. The summed E-state index contributed by atoms with van der Waals surface area (Å²) >= 11 is 0. The zero-order valence-corrected chi connectivity index (χ0v) is 18.5. The standard InChI is InChI=1S/C25H24N4O4/c1-14(2)32-21-7-6-15(10-17(21)13-26)24-27-28-25(33-24)19-5-3-4-18-20(19)11-16-12-22(31)29(8-9-30)23(16)18/h3-7,10,14,16,23,30H,8-9,11-12H2,1-2H3/t16-,23+/m0/s1. The number of nitriles is 1. The Hall–Kier alpha value is -3.70. The van der Waals surface area contributed by atoms with Crippen molar-refractivity contribution in [1.82, 2.24) is 15.1 Å². The first-order chi connectivity index (χ1) is 16.0. The highest BCUT2D eigenvalue weighted by Gasteiger charge is 2.46. The topological polar surface area (TPSA) is 112 Å². The van der Waals surface area contributed by atoms with E-state index in [9.17, 15) is 15.2 Å². The van der Waals surface area contributed by atoms with Gasteiger partial charge in [-0.3, -0.25) is 4.79 Å². The second kappa shape index (κ2) is 8.34. The van der Waals surface area contributed by atoms with E-state index < -0.39 is 0 Å². The van der Waals surface area contributed by atoms with Crippen LogP contribution in [-0.2, 0) is 11.2 Å². The van der Waals surface area contributed by atoms with Gasteiger partial charge in [0.1, 0.15) is 11.8 Å². The molecule has 168 valence electrons. The van der Waals surface area contributed by atoms with Gasteiger partial charge in [0.05, 0.1) is 24.3 Å². The molecule has 2 heterocycles. The van der Waals surface area contributed by atoms with Gasteiger partial charge in [0, 0.05) is 24.1 Å². The first-order valence-corrected chi connectivity index (χ1v) is 11.1. The van der Waals surface area contributed by atoms with E-state index in [1.54, 1.807) is 23.1 Å². The number of hydrogen-bond acceptors (Lipinski definition) is 7. The third-order valence-corrected chi connectivity index (χ3v) is 6.24. The fraction of sp³-hybridized carbons (Fsp3) is 0.360. The smallest absolute Gasteiger partial charge is 0.248 e. The van der Waals surface area contributed by atoms with Crippen LogP contribution in [0.15, 0.2) is 40.8 Å². The highest BCUT2D eigenvalue weighted by molar-refractivity contribution is 5.81. The van der Waals surface area contributed by atoms with Crippen LogP contribution >= 0.6 is 0 Å². The fourth-order valence-corrected chi connectivity index (χ4v) is 4.97. The largest absolute Gasteiger partial charge is 0.490 e. The van der Waals surface area contributed by atoms with Crippen LogP contribution in [0.2, 0.25) is 0 Å². The van der Waals surface area contributed by atoms with Gasteiger partial charge in [-0.1, -0.05) is 12.1 Å². The molecule has 0 bridgehead atoms. The molecule has 1 aliphatic carbocycles. The van der Waals surface area contributed by atoms with Crippen LogP contribution in [0.25, 0.3) is 22.9 Å². The second-order valence-corrected chi connectivity index (χ2v) is 8.70. The molecule has 1 aromatic heterocycles. The lowest BCUT2D eigenvalue weighted by atomic mass is 10.0. The molecule has 8 nitrogen and oxygen atoms in total. The Morgan fingerprint density at radius 2 is 2.06 bits per heavy atom. The van der Waals surface area contributed by atoms with Crippen LogP contribution in [-0.4, -0.2) is 45.4 Å². The minimum Gasteiger partial charge on any atom is -0.490 e. The van der Waals surface area contributed by atoms with Crippen LogP contribution in [0.4, 0.5) is 0 Å². The summed E-state index contributed by atoms with van der Waals surface area (Å²) in [5.41, 5.74) is 4.10. The molecule has 1 fully saturated rings. The maximum absolute atomic E-state index is 12.4. The second-order valence-electron chi connectivity index (χ2n) is 8.70. The van der Waals surface area contributed by atoms with Crippen LogP contribution in [0.3, 0.4) is 0 Å². The van der Waals surface area contributed by atoms with Crippen molar-refractivity contribution in [2.24, 2.45) is 5.92 Å². The van der Waals surface area contributed by atoms with E-state index in [0.717, 1.165) is 23.1 Å². The molecule has 8 heteroatoms. The summed E-state index contributed by atoms with van der Waals surface area (Å²) in [4.78, 5) is 14.2. The van der Waals surface area contributed by atoms with Crippen molar-refractivity contribution in [2.45, 2.75) is 38.8 Å². The molecule has 0 unspecified atom stereocenters. The van der Waals surface area contributed by atoms with Gasteiger partial charge in [-0.15, -0.1) is 10.2 Å². The zero-order chi connectivity index (χ0) is 23.1. The molecule has 1 amide bonds. The van der Waals surface area contributed by atoms with Crippen molar-refractivity contribution in [2.75, 3.05) is 13.2 Å². The molecular formula is C25H24N4O4. The van der Waals surface area contributed by atoms with Crippen LogP contribution in [0, 0.1) is 17.2 Å². The number of amides is 1. The van der Waals surface area contributed by atoms with Gasteiger partial charge in [-0.25, -0.2) is 0 Å². The van der Waals surface area contributed by atoms with Crippen molar-refractivity contribution < 1.29 is 19.1 Å². The first-order valence-electron chi connectivity index (χ1n) is 11.1. The summed E-state index contributed by atoms with van der Waals surface area (Å²) < 4.78 is 11.7. The number of hydrogen-bond donors (Lipinski definition) is 1. The zero-order valence-electron chi connectivity index (χ0n) is 18.5. The Morgan fingerprint density at radius 3 is 2.82 bits per heavy atom. The number of nitrogens with zero attached hydrogens (tertiary/aromatic N) is 4. The lowest BCUT2D eigenvalue weighted by Crippen LogP contribution is -2.30. The van der Waals surface area contributed by atoms with Crippen molar-refractivity contribution in [3.63, 3.8) is 0 Å². The fourth-order valence-electron chi connectivity index (χ4n) is 4.97. The van der Waals surface area contributed by atoms with Gasteiger partial charge in [0.25, 0.3) is 0 Å².